The van der Waals surface area contributed by atoms with E-state index in [0.29, 0.717) is 28.5 Å². The van der Waals surface area contributed by atoms with Gasteiger partial charge in [0, 0.05) is 17.0 Å². The number of ether oxygens (including phenoxy) is 1. The van der Waals surface area contributed by atoms with Crippen molar-refractivity contribution in [2.24, 2.45) is 0 Å². The lowest BCUT2D eigenvalue weighted by Gasteiger charge is -2.17. The van der Waals surface area contributed by atoms with Crippen LogP contribution in [0.2, 0.25) is 5.15 Å². The normalized spacial score (nSPS) is 16.5. The van der Waals surface area contributed by atoms with Crippen LogP contribution >= 0.6 is 35.1 Å². The number of rotatable bonds is 4. The second-order valence-electron chi connectivity index (χ2n) is 6.26. The van der Waals surface area contributed by atoms with Gasteiger partial charge in [0.1, 0.15) is 10.8 Å². The van der Waals surface area contributed by atoms with Crippen LogP contribution in [0.3, 0.4) is 0 Å². The fraction of sp³-hybridized carbons (Fsp3) is 0.438. The Kier molecular flexibility index (Phi) is 4.86. The van der Waals surface area contributed by atoms with Gasteiger partial charge in [0.25, 0.3) is 0 Å². The Labute approximate surface area is 155 Å². The van der Waals surface area contributed by atoms with E-state index in [1.165, 1.54) is 11.8 Å². The number of hydrogen-bond donors (Lipinski definition) is 1. The molecule has 3 rings (SSSR count). The molecule has 2 aromatic rings. The molecule has 0 saturated carbocycles. The second-order valence-corrected chi connectivity index (χ2v) is 8.76. The van der Waals surface area contributed by atoms with Gasteiger partial charge in [-0.15, -0.1) is 11.8 Å². The Bertz CT molecular complexity index is 785. The Morgan fingerprint density at radius 3 is 2.75 bits per heavy atom. The maximum atomic E-state index is 6.32. The van der Waals surface area contributed by atoms with Crippen molar-refractivity contribution in [2.75, 3.05) is 18.6 Å². The number of nitrogens with two attached hydrogens (primary N) is 1. The van der Waals surface area contributed by atoms with Gasteiger partial charge in [-0.25, -0.2) is 15.0 Å². The van der Waals surface area contributed by atoms with Gasteiger partial charge in [-0.3, -0.25) is 0 Å². The van der Waals surface area contributed by atoms with Crippen molar-refractivity contribution in [3.63, 3.8) is 0 Å². The molecule has 0 radical (unpaired) electrons. The van der Waals surface area contributed by atoms with Gasteiger partial charge in [-0.2, -0.15) is 0 Å². The molecule has 2 N–H and O–H groups in total. The third-order valence-corrected chi connectivity index (χ3v) is 5.74. The highest BCUT2D eigenvalue weighted by Crippen LogP contribution is 2.44. The highest BCUT2D eigenvalue weighted by molar-refractivity contribution is 7.99. The van der Waals surface area contributed by atoms with E-state index in [9.17, 15) is 0 Å². The minimum absolute atomic E-state index is 0.0423. The first-order chi connectivity index (χ1) is 11.3. The summed E-state index contributed by atoms with van der Waals surface area (Å²) in [6.45, 7) is 6.96. The molecule has 0 aromatic carbocycles. The van der Waals surface area contributed by atoms with Crippen molar-refractivity contribution in [1.82, 2.24) is 15.0 Å². The summed E-state index contributed by atoms with van der Waals surface area (Å²) in [4.78, 5) is 13.3. The fourth-order valence-corrected chi connectivity index (χ4v) is 4.09. The maximum absolute atomic E-state index is 6.32. The quantitative estimate of drug-likeness (QED) is 0.364. The van der Waals surface area contributed by atoms with E-state index in [4.69, 9.17) is 22.1 Å². The number of anilines is 1. The molecular weight excluding hydrogens is 364 g/mol. The number of fused-ring (bicyclic) bond motifs is 1. The Balaban J connectivity index is 1.90. The van der Waals surface area contributed by atoms with E-state index in [-0.39, 0.29) is 10.7 Å². The van der Waals surface area contributed by atoms with E-state index in [0.717, 1.165) is 16.3 Å². The van der Waals surface area contributed by atoms with Crippen LogP contribution in [0.4, 0.5) is 5.82 Å². The number of aromatic nitrogens is 3. The molecule has 1 unspecified atom stereocenters. The molecule has 24 heavy (non-hydrogen) atoms. The summed E-state index contributed by atoms with van der Waals surface area (Å²) in [7, 11) is 0. The molecular formula is C16H19ClN4OS2. The van der Waals surface area contributed by atoms with Gasteiger partial charge in [-0.05, 0) is 19.2 Å². The zero-order valence-electron chi connectivity index (χ0n) is 14.0. The number of nitrogens with zero attached hydrogens (tertiary/aromatic N) is 3. The highest BCUT2D eigenvalue weighted by atomic mass is 35.5. The van der Waals surface area contributed by atoms with Gasteiger partial charge in [0.15, 0.2) is 16.1 Å². The van der Waals surface area contributed by atoms with E-state index < -0.39 is 0 Å². The third kappa shape index (κ3) is 3.43. The van der Waals surface area contributed by atoms with Crippen LogP contribution in [-0.2, 0) is 5.41 Å². The zero-order valence-corrected chi connectivity index (χ0v) is 16.3. The topological polar surface area (TPSA) is 73.9 Å². The van der Waals surface area contributed by atoms with E-state index in [2.05, 4.69) is 41.8 Å². The van der Waals surface area contributed by atoms with Crippen molar-refractivity contribution in [3.05, 3.63) is 28.5 Å². The number of halogens is 1. The maximum Gasteiger partial charge on any atom is 0.191 e. The van der Waals surface area contributed by atoms with Gasteiger partial charge < -0.3 is 10.5 Å². The summed E-state index contributed by atoms with van der Waals surface area (Å²) >= 11 is 9.38. The van der Waals surface area contributed by atoms with Crippen molar-refractivity contribution >= 4 is 40.9 Å². The van der Waals surface area contributed by atoms with Crippen LogP contribution in [0.15, 0.2) is 22.3 Å². The van der Waals surface area contributed by atoms with Crippen LogP contribution in [-0.4, -0.2) is 27.8 Å². The summed E-state index contributed by atoms with van der Waals surface area (Å²) in [5.74, 6) is 1.17. The monoisotopic (exact) mass is 382 g/mol. The molecule has 128 valence electrons. The Morgan fingerprint density at radius 1 is 1.29 bits per heavy atom. The number of hydrogen-bond acceptors (Lipinski definition) is 7. The molecule has 5 nitrogen and oxygen atoms in total. The van der Waals surface area contributed by atoms with Gasteiger partial charge in [-0.1, -0.05) is 37.2 Å². The SMILES string of the molecule is CSc1cc(N)nc(SC(C)c2cc3c(c(Cl)n2)OCC3(C)C)n1. The minimum atomic E-state index is -0.0687. The molecule has 1 aliphatic rings. The van der Waals surface area contributed by atoms with Gasteiger partial charge in [0.05, 0.1) is 17.6 Å². The van der Waals surface area contributed by atoms with Crippen LogP contribution < -0.4 is 10.5 Å². The molecule has 0 saturated heterocycles. The standard InChI is InChI=1S/C16H19ClN4OS2/c1-8(24-15-20-11(18)6-12(21-15)23-4)10-5-9-13(14(17)19-10)22-7-16(9,2)3/h5-6,8H,7H2,1-4H3,(H2,18,20,21). The molecule has 1 aliphatic heterocycles. The molecule has 0 aliphatic carbocycles. The van der Waals surface area contributed by atoms with Crippen molar-refractivity contribution in [2.45, 2.75) is 41.6 Å². The van der Waals surface area contributed by atoms with Crippen LogP contribution in [0.5, 0.6) is 5.75 Å². The number of pyridine rings is 1. The smallest absolute Gasteiger partial charge is 0.191 e. The lowest BCUT2D eigenvalue weighted by atomic mass is 9.87. The first-order valence-corrected chi connectivity index (χ1v) is 9.97. The molecule has 0 amide bonds. The predicted molar refractivity (Wildman–Crippen MR) is 100 cm³/mol. The summed E-state index contributed by atoms with van der Waals surface area (Å²) in [6, 6.07) is 3.84. The molecule has 1 atom stereocenters. The molecule has 3 heterocycles. The van der Waals surface area contributed by atoms with E-state index >= 15 is 0 Å². The first-order valence-electron chi connectivity index (χ1n) is 7.49. The summed E-state index contributed by atoms with van der Waals surface area (Å²) < 4.78 is 5.70. The Morgan fingerprint density at radius 2 is 2.04 bits per heavy atom. The average molecular weight is 383 g/mol. The summed E-state index contributed by atoms with van der Waals surface area (Å²) in [5.41, 5.74) is 7.77. The second kappa shape index (κ2) is 6.61. The Hall–Kier alpha value is -1.18. The molecule has 8 heteroatoms. The van der Waals surface area contributed by atoms with Crippen LogP contribution in [0, 0.1) is 0 Å². The predicted octanol–water partition coefficient (Wildman–Crippen LogP) is 4.35. The first kappa shape index (κ1) is 17.6. The lowest BCUT2D eigenvalue weighted by Crippen LogP contribution is -2.18. The van der Waals surface area contributed by atoms with E-state index in [1.54, 1.807) is 17.8 Å². The number of nitrogen functional groups attached to an aromatic ring is 1. The number of thioether (sulfide) groups is 2. The molecule has 2 aromatic heterocycles. The average Bonchev–Trinajstić information content (AvgIpc) is 2.82. The van der Waals surface area contributed by atoms with Gasteiger partial charge in [0.2, 0.25) is 0 Å². The van der Waals surface area contributed by atoms with Crippen molar-refractivity contribution in [1.29, 1.82) is 0 Å². The van der Waals surface area contributed by atoms with Crippen LogP contribution in [0.25, 0.3) is 0 Å². The molecule has 0 spiro atoms. The van der Waals surface area contributed by atoms with E-state index in [1.807, 2.05) is 6.26 Å². The summed E-state index contributed by atoms with van der Waals surface area (Å²) in [6.07, 6.45) is 1.96. The van der Waals surface area contributed by atoms with Gasteiger partial charge >= 0.3 is 0 Å². The molecule has 0 fully saturated rings. The zero-order chi connectivity index (χ0) is 17.5. The highest BCUT2D eigenvalue weighted by Gasteiger charge is 2.35. The summed E-state index contributed by atoms with van der Waals surface area (Å²) in [5, 5.41) is 1.95. The largest absolute Gasteiger partial charge is 0.489 e. The molecule has 0 bridgehead atoms. The lowest BCUT2D eigenvalue weighted by molar-refractivity contribution is 0.290. The van der Waals surface area contributed by atoms with Crippen molar-refractivity contribution in [3.8, 4) is 5.75 Å². The third-order valence-electron chi connectivity index (χ3n) is 3.87. The minimum Gasteiger partial charge on any atom is -0.489 e. The fourth-order valence-electron chi connectivity index (χ4n) is 2.50. The van der Waals surface area contributed by atoms with Crippen molar-refractivity contribution < 1.29 is 4.74 Å². The van der Waals surface area contributed by atoms with Crippen LogP contribution in [0.1, 0.15) is 37.3 Å².